The van der Waals surface area contributed by atoms with Crippen LogP contribution in [-0.2, 0) is 0 Å². The second-order valence-corrected chi connectivity index (χ2v) is 5.84. The summed E-state index contributed by atoms with van der Waals surface area (Å²) in [6, 6.07) is 4.02. The highest BCUT2D eigenvalue weighted by Gasteiger charge is 2.28. The van der Waals surface area contributed by atoms with Gasteiger partial charge in [0.2, 0.25) is 0 Å². The van der Waals surface area contributed by atoms with Crippen LogP contribution in [-0.4, -0.2) is 42.3 Å². The van der Waals surface area contributed by atoms with Gasteiger partial charge >= 0.3 is 6.03 Å². The van der Waals surface area contributed by atoms with Crippen molar-refractivity contribution in [3.63, 3.8) is 0 Å². The average molecular weight is 310 g/mol. The molecule has 0 aliphatic carbocycles. The lowest BCUT2D eigenvalue weighted by Crippen LogP contribution is -2.50. The molecule has 1 heterocycles. The summed E-state index contributed by atoms with van der Waals surface area (Å²) in [4.78, 5) is 13.9. The number of β-amino-alcohol motifs (C(OH)–C–C–N with tert-alkyl or cyclic N) is 1. The summed E-state index contributed by atoms with van der Waals surface area (Å²) >= 11 is 0. The summed E-state index contributed by atoms with van der Waals surface area (Å²) in [5, 5.41) is 12.7. The van der Waals surface area contributed by atoms with E-state index in [9.17, 15) is 14.3 Å². The third-order valence-corrected chi connectivity index (χ3v) is 4.22. The molecule has 1 fully saturated rings. The van der Waals surface area contributed by atoms with E-state index >= 15 is 0 Å². The van der Waals surface area contributed by atoms with Crippen molar-refractivity contribution in [2.45, 2.75) is 32.4 Å². The number of aliphatic hydroxyl groups excluding tert-OH is 1. The van der Waals surface area contributed by atoms with E-state index in [1.54, 1.807) is 17.0 Å². The van der Waals surface area contributed by atoms with Crippen LogP contribution in [0.15, 0.2) is 18.2 Å². The van der Waals surface area contributed by atoms with Crippen molar-refractivity contribution < 1.29 is 19.0 Å². The van der Waals surface area contributed by atoms with Gasteiger partial charge in [0.05, 0.1) is 19.3 Å². The van der Waals surface area contributed by atoms with Gasteiger partial charge < -0.3 is 20.1 Å². The number of carbonyl (C=O) groups excluding carboxylic acids is 1. The van der Waals surface area contributed by atoms with Gasteiger partial charge in [-0.25, -0.2) is 9.18 Å². The maximum Gasteiger partial charge on any atom is 0.317 e. The van der Waals surface area contributed by atoms with Gasteiger partial charge in [0.15, 0.2) is 11.6 Å². The van der Waals surface area contributed by atoms with Gasteiger partial charge in [0, 0.05) is 13.1 Å². The lowest BCUT2D eigenvalue weighted by molar-refractivity contribution is 0.0431. The largest absolute Gasteiger partial charge is 0.494 e. The molecular weight excluding hydrogens is 287 g/mol. The summed E-state index contributed by atoms with van der Waals surface area (Å²) in [7, 11) is 1.40. The highest BCUT2D eigenvalue weighted by molar-refractivity contribution is 5.74. The molecule has 5 nitrogen and oxygen atoms in total. The zero-order valence-corrected chi connectivity index (χ0v) is 13.2. The summed E-state index contributed by atoms with van der Waals surface area (Å²) in [5.74, 6) is -0.0680. The van der Waals surface area contributed by atoms with Gasteiger partial charge in [-0.3, -0.25) is 0 Å². The molecule has 122 valence electrons. The smallest absolute Gasteiger partial charge is 0.317 e. The molecule has 0 spiro atoms. The lowest BCUT2D eigenvalue weighted by Gasteiger charge is -2.35. The molecule has 2 rings (SSSR count). The number of carbonyl (C=O) groups is 1. The van der Waals surface area contributed by atoms with E-state index < -0.39 is 11.9 Å². The van der Waals surface area contributed by atoms with Crippen LogP contribution in [0.2, 0.25) is 0 Å². The molecule has 22 heavy (non-hydrogen) atoms. The van der Waals surface area contributed by atoms with Crippen LogP contribution in [0, 0.1) is 11.7 Å². The van der Waals surface area contributed by atoms with Crippen molar-refractivity contribution in [3.05, 3.63) is 29.6 Å². The first-order valence-electron chi connectivity index (χ1n) is 7.49. The number of nitrogens with zero attached hydrogens (tertiary/aromatic N) is 1. The number of rotatable bonds is 3. The van der Waals surface area contributed by atoms with Crippen LogP contribution < -0.4 is 10.1 Å². The summed E-state index contributed by atoms with van der Waals surface area (Å²) in [6.45, 7) is 4.77. The minimum Gasteiger partial charge on any atom is -0.494 e. The predicted molar refractivity (Wildman–Crippen MR) is 81.3 cm³/mol. The predicted octanol–water partition coefficient (Wildman–Crippen LogP) is 2.31. The molecule has 3 atom stereocenters. The molecule has 1 aliphatic rings. The van der Waals surface area contributed by atoms with Gasteiger partial charge in [0.1, 0.15) is 0 Å². The van der Waals surface area contributed by atoms with E-state index in [2.05, 4.69) is 5.32 Å². The molecule has 2 amide bonds. The Balaban J connectivity index is 1.99. The standard InChI is InChI=1S/C16H23FN2O3/c1-10-6-7-19(9-14(10)20)16(21)18-11(2)12-4-5-13(17)15(8-12)22-3/h4-5,8,10-11,14,20H,6-7,9H2,1-3H3,(H,18,21). The minimum absolute atomic E-state index is 0.154. The number of urea groups is 1. The monoisotopic (exact) mass is 310 g/mol. The normalized spacial score (nSPS) is 23.0. The molecular formula is C16H23FN2O3. The Labute approximate surface area is 130 Å². The highest BCUT2D eigenvalue weighted by atomic mass is 19.1. The molecule has 6 heteroatoms. The van der Waals surface area contributed by atoms with Crippen molar-refractivity contribution >= 4 is 6.03 Å². The number of methoxy groups -OCH3 is 1. The lowest BCUT2D eigenvalue weighted by atomic mass is 9.96. The first-order chi connectivity index (χ1) is 10.4. The molecule has 0 aromatic heterocycles. The fourth-order valence-corrected chi connectivity index (χ4v) is 2.54. The molecule has 1 aromatic carbocycles. The van der Waals surface area contributed by atoms with Crippen LogP contribution in [0.4, 0.5) is 9.18 Å². The number of amides is 2. The van der Waals surface area contributed by atoms with E-state index in [4.69, 9.17) is 4.74 Å². The summed E-state index contributed by atoms with van der Waals surface area (Å²) in [6.07, 6.45) is 0.300. The Morgan fingerprint density at radius 2 is 2.27 bits per heavy atom. The zero-order chi connectivity index (χ0) is 16.3. The SMILES string of the molecule is COc1cc(C(C)NC(=O)N2CCC(C)C(O)C2)ccc1F. The first-order valence-corrected chi connectivity index (χ1v) is 7.49. The first kappa shape index (κ1) is 16.5. The fraction of sp³-hybridized carbons (Fsp3) is 0.562. The highest BCUT2D eigenvalue weighted by Crippen LogP contribution is 2.23. The van der Waals surface area contributed by atoms with Gasteiger partial charge in [-0.2, -0.15) is 0 Å². The molecule has 0 radical (unpaired) electrons. The van der Waals surface area contributed by atoms with E-state index in [1.165, 1.54) is 13.2 Å². The van der Waals surface area contributed by atoms with Gasteiger partial charge in [-0.15, -0.1) is 0 Å². The quantitative estimate of drug-likeness (QED) is 0.900. The Bertz CT molecular complexity index is 538. The summed E-state index contributed by atoms with van der Waals surface area (Å²) < 4.78 is 18.4. The van der Waals surface area contributed by atoms with E-state index in [0.717, 1.165) is 12.0 Å². The number of halogens is 1. The van der Waals surface area contributed by atoms with Crippen molar-refractivity contribution in [2.75, 3.05) is 20.2 Å². The number of likely N-dealkylation sites (tertiary alicyclic amines) is 1. The second kappa shape index (κ2) is 6.96. The maximum atomic E-state index is 13.4. The molecule has 1 aromatic rings. The van der Waals surface area contributed by atoms with Gasteiger partial charge in [0.25, 0.3) is 0 Å². The van der Waals surface area contributed by atoms with E-state index in [-0.39, 0.29) is 23.7 Å². The van der Waals surface area contributed by atoms with Crippen molar-refractivity contribution in [3.8, 4) is 5.75 Å². The third kappa shape index (κ3) is 3.68. The van der Waals surface area contributed by atoms with E-state index in [0.29, 0.717) is 13.1 Å². The second-order valence-electron chi connectivity index (χ2n) is 5.84. The maximum absolute atomic E-state index is 13.4. The number of nitrogens with one attached hydrogen (secondary N) is 1. The minimum atomic E-state index is -0.485. The molecule has 2 N–H and O–H groups in total. The van der Waals surface area contributed by atoms with Crippen LogP contribution in [0.5, 0.6) is 5.75 Å². The van der Waals surface area contributed by atoms with Gasteiger partial charge in [-0.05, 0) is 37.0 Å². The Kier molecular flexibility index (Phi) is 5.24. The number of hydrogen-bond donors (Lipinski definition) is 2. The number of piperidine rings is 1. The Hall–Kier alpha value is -1.82. The molecule has 0 bridgehead atoms. The molecule has 1 saturated heterocycles. The third-order valence-electron chi connectivity index (χ3n) is 4.22. The number of benzene rings is 1. The molecule has 0 saturated carbocycles. The van der Waals surface area contributed by atoms with Crippen molar-refractivity contribution in [1.29, 1.82) is 0 Å². The van der Waals surface area contributed by atoms with Crippen LogP contribution >= 0.6 is 0 Å². The fourth-order valence-electron chi connectivity index (χ4n) is 2.54. The van der Waals surface area contributed by atoms with Crippen molar-refractivity contribution in [2.24, 2.45) is 5.92 Å². The molecule has 1 aliphatic heterocycles. The summed E-state index contributed by atoms with van der Waals surface area (Å²) in [5.41, 5.74) is 0.762. The topological polar surface area (TPSA) is 61.8 Å². The van der Waals surface area contributed by atoms with Crippen LogP contribution in [0.25, 0.3) is 0 Å². The Morgan fingerprint density at radius 1 is 1.55 bits per heavy atom. The number of aliphatic hydroxyl groups is 1. The number of ether oxygens (including phenoxy) is 1. The van der Waals surface area contributed by atoms with Crippen molar-refractivity contribution in [1.82, 2.24) is 10.2 Å². The zero-order valence-electron chi connectivity index (χ0n) is 13.2. The van der Waals surface area contributed by atoms with Crippen LogP contribution in [0.1, 0.15) is 31.9 Å². The molecule has 3 unspecified atom stereocenters. The number of hydrogen-bond acceptors (Lipinski definition) is 3. The Morgan fingerprint density at radius 3 is 2.91 bits per heavy atom. The van der Waals surface area contributed by atoms with E-state index in [1.807, 2.05) is 13.8 Å². The van der Waals surface area contributed by atoms with Gasteiger partial charge in [-0.1, -0.05) is 13.0 Å². The van der Waals surface area contributed by atoms with Crippen LogP contribution in [0.3, 0.4) is 0 Å². The average Bonchev–Trinajstić information content (AvgIpc) is 2.50.